The molecule has 2 aliphatic rings. The highest BCUT2D eigenvalue weighted by atomic mass is 16.6. The van der Waals surface area contributed by atoms with Crippen molar-refractivity contribution in [3.8, 4) is 6.07 Å². The zero-order valence-corrected chi connectivity index (χ0v) is 20.3. The number of benzene rings is 2. The fourth-order valence-corrected chi connectivity index (χ4v) is 5.08. The van der Waals surface area contributed by atoms with Crippen LogP contribution < -0.4 is 5.32 Å². The third-order valence-corrected chi connectivity index (χ3v) is 6.97. The second-order valence-corrected chi connectivity index (χ2v) is 9.20. The summed E-state index contributed by atoms with van der Waals surface area (Å²) in [6.45, 7) is 8.25. The number of nitriles is 1. The van der Waals surface area contributed by atoms with Crippen LogP contribution in [0.3, 0.4) is 0 Å². The fraction of sp³-hybridized carbons (Fsp3) is 0.407. The second-order valence-electron chi connectivity index (χ2n) is 9.20. The standard InChI is InChI=1S/C27H32N6O2/c1-21-19-25(27(20-28,33(34)35)22(2)30-21)29-13-14-31-15-17-32(18-16-31)26(23-9-5-3-6-10-23)24-11-7-4-8-12-24/h3-12,19,22,26,30H,13-18H2,1-2H3. The van der Waals surface area contributed by atoms with Gasteiger partial charge in [-0.05, 0) is 31.1 Å². The SMILES string of the molecule is CC1=CC(=NCCN2CCN(C(c3ccccc3)c3ccccc3)CC2)C(C#N)([N+](=O)[O-])C(C)N1. The van der Waals surface area contributed by atoms with E-state index in [0.29, 0.717) is 13.1 Å². The van der Waals surface area contributed by atoms with Gasteiger partial charge in [-0.3, -0.25) is 24.9 Å². The molecule has 2 aliphatic heterocycles. The quantitative estimate of drug-likeness (QED) is 0.491. The maximum absolute atomic E-state index is 11.9. The van der Waals surface area contributed by atoms with Gasteiger partial charge in [-0.15, -0.1) is 0 Å². The summed E-state index contributed by atoms with van der Waals surface area (Å²) in [4.78, 5) is 20.7. The predicted octanol–water partition coefficient (Wildman–Crippen LogP) is 3.27. The summed E-state index contributed by atoms with van der Waals surface area (Å²) < 4.78 is 0. The van der Waals surface area contributed by atoms with Crippen LogP contribution >= 0.6 is 0 Å². The van der Waals surface area contributed by atoms with Gasteiger partial charge in [0.25, 0.3) is 0 Å². The Bertz CT molecular complexity index is 1080. The minimum atomic E-state index is -1.86. The summed E-state index contributed by atoms with van der Waals surface area (Å²) in [6.07, 6.45) is 1.63. The molecule has 0 saturated carbocycles. The zero-order valence-electron chi connectivity index (χ0n) is 20.3. The summed E-state index contributed by atoms with van der Waals surface area (Å²) in [5.74, 6) is 0. The van der Waals surface area contributed by atoms with Crippen molar-refractivity contribution in [2.75, 3.05) is 39.3 Å². The van der Waals surface area contributed by atoms with Crippen LogP contribution in [-0.4, -0.2) is 71.3 Å². The van der Waals surface area contributed by atoms with Crippen LogP contribution in [-0.2, 0) is 0 Å². The number of aliphatic imine (C=N–C) groups is 1. The molecular formula is C27H32N6O2. The van der Waals surface area contributed by atoms with Crippen molar-refractivity contribution in [2.24, 2.45) is 4.99 Å². The summed E-state index contributed by atoms with van der Waals surface area (Å²) >= 11 is 0. The Kier molecular flexibility index (Phi) is 7.59. The number of hydrogen-bond acceptors (Lipinski definition) is 7. The van der Waals surface area contributed by atoms with E-state index in [-0.39, 0.29) is 11.8 Å². The van der Waals surface area contributed by atoms with Crippen LogP contribution in [0, 0.1) is 21.4 Å². The first-order valence-electron chi connectivity index (χ1n) is 12.1. The predicted molar refractivity (Wildman–Crippen MR) is 137 cm³/mol. The maximum atomic E-state index is 11.9. The fourth-order valence-electron chi connectivity index (χ4n) is 5.08. The lowest BCUT2D eigenvalue weighted by Crippen LogP contribution is -2.60. The van der Waals surface area contributed by atoms with Gasteiger partial charge in [-0.25, -0.2) is 0 Å². The molecular weight excluding hydrogens is 440 g/mol. The number of nitro groups is 1. The molecule has 1 saturated heterocycles. The summed E-state index contributed by atoms with van der Waals surface area (Å²) in [5.41, 5.74) is 1.73. The lowest BCUT2D eigenvalue weighted by molar-refractivity contribution is -0.534. The molecule has 8 nitrogen and oxygen atoms in total. The van der Waals surface area contributed by atoms with Crippen molar-refractivity contribution in [1.29, 1.82) is 5.26 Å². The van der Waals surface area contributed by atoms with Crippen LogP contribution in [0.25, 0.3) is 0 Å². The van der Waals surface area contributed by atoms with Gasteiger partial charge < -0.3 is 5.32 Å². The minimum absolute atomic E-state index is 0.209. The number of allylic oxidation sites excluding steroid dienone is 1. The molecule has 2 heterocycles. The smallest absolute Gasteiger partial charge is 0.365 e. The van der Waals surface area contributed by atoms with Gasteiger partial charge in [0.15, 0.2) is 6.07 Å². The maximum Gasteiger partial charge on any atom is 0.365 e. The van der Waals surface area contributed by atoms with Crippen molar-refractivity contribution in [3.05, 3.63) is 93.7 Å². The van der Waals surface area contributed by atoms with E-state index in [1.165, 1.54) is 11.1 Å². The molecule has 0 bridgehead atoms. The minimum Gasteiger partial charge on any atom is -0.378 e. The molecule has 0 aliphatic carbocycles. The Morgan fingerprint density at radius 1 is 1.11 bits per heavy atom. The first-order valence-corrected chi connectivity index (χ1v) is 12.1. The van der Waals surface area contributed by atoms with Crippen LogP contribution in [0.1, 0.15) is 31.0 Å². The summed E-state index contributed by atoms with van der Waals surface area (Å²) in [5, 5.41) is 24.6. The Morgan fingerprint density at radius 2 is 1.69 bits per heavy atom. The van der Waals surface area contributed by atoms with Crippen LogP contribution in [0.5, 0.6) is 0 Å². The molecule has 1 N–H and O–H groups in total. The van der Waals surface area contributed by atoms with Gasteiger partial charge >= 0.3 is 5.54 Å². The van der Waals surface area contributed by atoms with Gasteiger partial charge in [0.1, 0.15) is 11.8 Å². The molecule has 0 radical (unpaired) electrons. The van der Waals surface area contributed by atoms with E-state index in [4.69, 9.17) is 0 Å². The molecule has 2 atom stereocenters. The molecule has 2 unspecified atom stereocenters. The molecule has 2 aromatic rings. The lowest BCUT2D eigenvalue weighted by Gasteiger charge is -2.39. The lowest BCUT2D eigenvalue weighted by atomic mass is 9.84. The largest absolute Gasteiger partial charge is 0.378 e. The van der Waals surface area contributed by atoms with Crippen LogP contribution in [0.4, 0.5) is 0 Å². The Balaban J connectivity index is 1.42. The number of hydrogen-bond donors (Lipinski definition) is 1. The van der Waals surface area contributed by atoms with Crippen molar-refractivity contribution >= 4 is 5.71 Å². The van der Waals surface area contributed by atoms with Gasteiger partial charge in [0, 0.05) is 38.4 Å². The van der Waals surface area contributed by atoms with Crippen molar-refractivity contribution in [2.45, 2.75) is 31.5 Å². The van der Waals surface area contributed by atoms with Gasteiger partial charge in [-0.2, -0.15) is 5.26 Å². The van der Waals surface area contributed by atoms with E-state index >= 15 is 0 Å². The van der Waals surface area contributed by atoms with Crippen molar-refractivity contribution < 1.29 is 4.92 Å². The summed E-state index contributed by atoms with van der Waals surface area (Å²) in [7, 11) is 0. The first kappa shape index (κ1) is 24.6. The monoisotopic (exact) mass is 472 g/mol. The molecule has 35 heavy (non-hydrogen) atoms. The van der Waals surface area contributed by atoms with Crippen LogP contribution in [0.15, 0.2) is 77.4 Å². The highest BCUT2D eigenvalue weighted by molar-refractivity contribution is 6.05. The van der Waals surface area contributed by atoms with Gasteiger partial charge in [0.2, 0.25) is 0 Å². The molecule has 0 spiro atoms. The Hall–Kier alpha value is -3.54. The van der Waals surface area contributed by atoms with E-state index in [9.17, 15) is 15.4 Å². The number of piperazine rings is 1. The van der Waals surface area contributed by atoms with E-state index < -0.39 is 16.5 Å². The molecule has 8 heteroatoms. The topological polar surface area (TPSA) is 97.8 Å². The van der Waals surface area contributed by atoms with Gasteiger partial charge in [0.05, 0.1) is 17.5 Å². The van der Waals surface area contributed by atoms with Crippen LogP contribution in [0.2, 0.25) is 0 Å². The molecule has 0 amide bonds. The third-order valence-electron chi connectivity index (χ3n) is 6.97. The zero-order chi connectivity index (χ0) is 24.8. The van der Waals surface area contributed by atoms with E-state index in [1.807, 2.05) is 25.1 Å². The Labute approximate surface area is 206 Å². The average molecular weight is 473 g/mol. The number of nitrogens with one attached hydrogen (secondary N) is 1. The first-order chi connectivity index (χ1) is 17.0. The molecule has 0 aromatic heterocycles. The van der Waals surface area contributed by atoms with Crippen molar-refractivity contribution in [3.63, 3.8) is 0 Å². The molecule has 4 rings (SSSR count). The van der Waals surface area contributed by atoms with Gasteiger partial charge in [-0.1, -0.05) is 60.7 Å². The molecule has 2 aromatic carbocycles. The number of nitrogens with zero attached hydrogens (tertiary/aromatic N) is 5. The molecule has 182 valence electrons. The third kappa shape index (κ3) is 5.11. The van der Waals surface area contributed by atoms with Crippen molar-refractivity contribution in [1.82, 2.24) is 15.1 Å². The summed E-state index contributed by atoms with van der Waals surface area (Å²) in [6, 6.07) is 22.7. The normalized spacial score (nSPS) is 24.6. The van der Waals surface area contributed by atoms with E-state index in [1.54, 1.807) is 13.0 Å². The second kappa shape index (κ2) is 10.8. The van der Waals surface area contributed by atoms with E-state index in [0.717, 1.165) is 31.9 Å². The number of rotatable bonds is 7. The highest BCUT2D eigenvalue weighted by Gasteiger charge is 2.55. The highest BCUT2D eigenvalue weighted by Crippen LogP contribution is 2.29. The Morgan fingerprint density at radius 3 is 2.20 bits per heavy atom. The molecule has 1 fully saturated rings. The van der Waals surface area contributed by atoms with E-state index in [2.05, 4.69) is 68.6 Å². The average Bonchev–Trinajstić information content (AvgIpc) is 2.86.